The smallest absolute Gasteiger partial charge is 0.344 e. The van der Waals surface area contributed by atoms with E-state index in [1.807, 2.05) is 4.57 Å². The van der Waals surface area contributed by atoms with E-state index in [0.29, 0.717) is 32.5 Å². The molecule has 0 aliphatic heterocycles. The van der Waals surface area contributed by atoms with Crippen LogP contribution in [0.5, 0.6) is 0 Å². The maximum absolute atomic E-state index is 12.8. The van der Waals surface area contributed by atoms with Crippen molar-refractivity contribution in [2.24, 2.45) is 0 Å². The summed E-state index contributed by atoms with van der Waals surface area (Å²) in [4.78, 5) is 16.8. The molecule has 0 aromatic carbocycles. The Morgan fingerprint density at radius 3 is 2.85 bits per heavy atom. The Bertz CT molecular complexity index is 1090. The molecule has 6 nitrogen and oxygen atoms in total. The number of amides is 1. The summed E-state index contributed by atoms with van der Waals surface area (Å²) in [6.07, 6.45) is -2.47. The number of H-pyrrole nitrogens is 1. The van der Waals surface area contributed by atoms with Gasteiger partial charge in [0.2, 0.25) is 0 Å². The van der Waals surface area contributed by atoms with Crippen LogP contribution in [0, 0.1) is 11.7 Å². The molecule has 142 valence electrons. The van der Waals surface area contributed by atoms with Crippen LogP contribution in [0.4, 0.5) is 13.2 Å². The van der Waals surface area contributed by atoms with Gasteiger partial charge in [-0.1, -0.05) is 0 Å². The van der Waals surface area contributed by atoms with Gasteiger partial charge >= 0.3 is 6.18 Å². The molecular formula is C16H14F3N5OS2. The van der Waals surface area contributed by atoms with E-state index in [4.69, 9.17) is 12.2 Å². The highest BCUT2D eigenvalue weighted by atomic mass is 32.1. The Labute approximate surface area is 160 Å². The van der Waals surface area contributed by atoms with E-state index in [0.717, 1.165) is 30.2 Å². The molecule has 11 heteroatoms. The van der Waals surface area contributed by atoms with Crippen LogP contribution in [0.2, 0.25) is 0 Å². The zero-order valence-electron chi connectivity index (χ0n) is 14.1. The fourth-order valence-electron chi connectivity index (χ4n) is 2.88. The molecule has 3 heterocycles. The van der Waals surface area contributed by atoms with E-state index in [1.54, 1.807) is 6.92 Å². The van der Waals surface area contributed by atoms with Crippen molar-refractivity contribution in [2.45, 2.75) is 38.5 Å². The molecule has 0 radical (unpaired) electrons. The zero-order valence-corrected chi connectivity index (χ0v) is 15.7. The van der Waals surface area contributed by atoms with Gasteiger partial charge in [-0.15, -0.1) is 11.3 Å². The van der Waals surface area contributed by atoms with Crippen molar-refractivity contribution in [3.63, 3.8) is 0 Å². The van der Waals surface area contributed by atoms with Gasteiger partial charge in [0.15, 0.2) is 10.6 Å². The van der Waals surface area contributed by atoms with Crippen LogP contribution >= 0.6 is 23.6 Å². The van der Waals surface area contributed by atoms with Gasteiger partial charge in [-0.3, -0.25) is 14.5 Å². The molecular weight excluding hydrogens is 399 g/mol. The molecule has 1 aliphatic rings. The fourth-order valence-corrected chi connectivity index (χ4v) is 4.28. The summed E-state index contributed by atoms with van der Waals surface area (Å²) in [5.41, 5.74) is -0.363. The predicted octanol–water partition coefficient (Wildman–Crippen LogP) is 4.14. The number of hydrogen-bond donors (Lipinski definition) is 2. The van der Waals surface area contributed by atoms with Crippen LogP contribution in [0.25, 0.3) is 10.2 Å². The van der Waals surface area contributed by atoms with Gasteiger partial charge in [0, 0.05) is 11.4 Å². The Morgan fingerprint density at radius 1 is 1.44 bits per heavy atom. The van der Waals surface area contributed by atoms with Crippen LogP contribution in [0.3, 0.4) is 0 Å². The number of halogens is 3. The third-order valence-electron chi connectivity index (χ3n) is 4.40. The molecule has 3 aromatic rings. The number of aromatic nitrogens is 4. The van der Waals surface area contributed by atoms with Crippen molar-refractivity contribution in [3.8, 4) is 0 Å². The van der Waals surface area contributed by atoms with E-state index < -0.39 is 11.9 Å². The highest BCUT2D eigenvalue weighted by Crippen LogP contribution is 2.36. The molecule has 1 aliphatic carbocycles. The first-order valence-corrected chi connectivity index (χ1v) is 9.39. The number of nitrogens with zero attached hydrogens (tertiary/aromatic N) is 3. The van der Waals surface area contributed by atoms with Crippen molar-refractivity contribution in [1.82, 2.24) is 25.1 Å². The molecule has 0 saturated heterocycles. The number of alkyl halides is 3. The molecule has 0 bridgehead atoms. The van der Waals surface area contributed by atoms with Crippen molar-refractivity contribution < 1.29 is 18.0 Å². The molecule has 0 unspecified atom stereocenters. The number of carbonyl (C=O) groups excluding carboxylic acids is 1. The first kappa shape index (κ1) is 18.1. The summed E-state index contributed by atoms with van der Waals surface area (Å²) in [5.74, 6) is 0.257. The molecule has 0 spiro atoms. The maximum Gasteiger partial charge on any atom is 0.433 e. The molecule has 27 heavy (non-hydrogen) atoms. The van der Waals surface area contributed by atoms with Crippen molar-refractivity contribution in [1.29, 1.82) is 0 Å². The fraction of sp³-hybridized carbons (Fsp3) is 0.375. The van der Waals surface area contributed by atoms with E-state index in [-0.39, 0.29) is 17.3 Å². The van der Waals surface area contributed by atoms with E-state index >= 15 is 0 Å². The van der Waals surface area contributed by atoms with Crippen LogP contribution in [-0.2, 0) is 12.7 Å². The Hall–Kier alpha value is -2.27. The van der Waals surface area contributed by atoms with Gasteiger partial charge in [0.05, 0.1) is 11.4 Å². The maximum atomic E-state index is 12.8. The van der Waals surface area contributed by atoms with E-state index in [1.165, 1.54) is 6.07 Å². The molecule has 0 atom stereocenters. The second-order valence-electron chi connectivity index (χ2n) is 6.33. The lowest BCUT2D eigenvalue weighted by Crippen LogP contribution is -2.24. The molecule has 1 saturated carbocycles. The lowest BCUT2D eigenvalue weighted by molar-refractivity contribution is -0.140. The van der Waals surface area contributed by atoms with E-state index in [9.17, 15) is 18.0 Å². The second kappa shape index (κ2) is 6.41. The number of pyridine rings is 1. The number of fused-ring (bicyclic) bond motifs is 1. The number of thiophene rings is 1. The molecule has 1 fully saturated rings. The predicted molar refractivity (Wildman–Crippen MR) is 96.2 cm³/mol. The standard InChI is InChI=1S/C16H14F3N5OS2/c1-7-9-4-5-10(16(17,18)19)21-14(9)27-12(7)13(25)20-6-11-22-23-15(26)24(11)8-2-3-8/h4-5,8H,2-3,6H2,1H3,(H,20,25)(H,23,26). The molecule has 1 amide bonds. The van der Waals surface area contributed by atoms with Crippen LogP contribution in [-0.4, -0.2) is 25.7 Å². The van der Waals surface area contributed by atoms with Crippen LogP contribution in [0.15, 0.2) is 12.1 Å². The first-order valence-electron chi connectivity index (χ1n) is 8.17. The topological polar surface area (TPSA) is 75.6 Å². The third kappa shape index (κ3) is 3.36. The quantitative estimate of drug-likeness (QED) is 0.631. The van der Waals surface area contributed by atoms with Crippen molar-refractivity contribution >= 4 is 39.7 Å². The summed E-state index contributed by atoms with van der Waals surface area (Å²) in [7, 11) is 0. The summed E-state index contributed by atoms with van der Waals surface area (Å²) in [6, 6.07) is 2.60. The summed E-state index contributed by atoms with van der Waals surface area (Å²) in [6.45, 7) is 1.88. The van der Waals surface area contributed by atoms with Gasteiger partial charge in [-0.05, 0) is 49.7 Å². The van der Waals surface area contributed by atoms with Gasteiger partial charge in [0.25, 0.3) is 5.91 Å². The summed E-state index contributed by atoms with van der Waals surface area (Å²) < 4.78 is 40.9. The number of aromatic amines is 1. The average Bonchev–Trinajstić information content (AvgIpc) is 3.30. The normalized spacial score (nSPS) is 14.7. The van der Waals surface area contributed by atoms with Gasteiger partial charge in [0.1, 0.15) is 10.5 Å². The average molecular weight is 413 g/mol. The van der Waals surface area contributed by atoms with Crippen LogP contribution in [0.1, 0.15) is 45.6 Å². The van der Waals surface area contributed by atoms with E-state index in [2.05, 4.69) is 20.5 Å². The van der Waals surface area contributed by atoms with Crippen molar-refractivity contribution in [2.75, 3.05) is 0 Å². The number of nitrogens with one attached hydrogen (secondary N) is 2. The zero-order chi connectivity index (χ0) is 19.3. The number of aryl methyl sites for hydroxylation is 1. The third-order valence-corrected chi connectivity index (χ3v) is 5.89. The van der Waals surface area contributed by atoms with Gasteiger partial charge in [-0.2, -0.15) is 18.3 Å². The first-order chi connectivity index (χ1) is 12.8. The minimum atomic E-state index is -4.52. The number of hydrogen-bond acceptors (Lipinski definition) is 5. The lowest BCUT2D eigenvalue weighted by atomic mass is 10.2. The van der Waals surface area contributed by atoms with Gasteiger partial charge < -0.3 is 5.32 Å². The molecule has 4 rings (SSSR count). The minimum Gasteiger partial charge on any atom is -0.344 e. The lowest BCUT2D eigenvalue weighted by Gasteiger charge is -2.06. The second-order valence-corrected chi connectivity index (χ2v) is 7.72. The largest absolute Gasteiger partial charge is 0.433 e. The minimum absolute atomic E-state index is 0.178. The highest BCUT2D eigenvalue weighted by Gasteiger charge is 2.33. The van der Waals surface area contributed by atoms with Crippen LogP contribution < -0.4 is 5.32 Å². The molecule has 2 N–H and O–H groups in total. The number of rotatable bonds is 4. The van der Waals surface area contributed by atoms with Gasteiger partial charge in [-0.25, -0.2) is 4.98 Å². The Morgan fingerprint density at radius 2 is 2.19 bits per heavy atom. The SMILES string of the molecule is Cc1c(C(=O)NCc2n[nH]c(=S)n2C2CC2)sc2nc(C(F)(F)F)ccc12. The summed E-state index contributed by atoms with van der Waals surface area (Å²) in [5, 5.41) is 10.2. The molecule has 3 aromatic heterocycles. The number of carbonyl (C=O) groups is 1. The Balaban J connectivity index is 1.57. The monoisotopic (exact) mass is 413 g/mol. The van der Waals surface area contributed by atoms with Crippen molar-refractivity contribution in [3.05, 3.63) is 38.9 Å². The highest BCUT2D eigenvalue weighted by molar-refractivity contribution is 7.71. The Kier molecular flexibility index (Phi) is 4.30. The summed E-state index contributed by atoms with van der Waals surface area (Å²) >= 11 is 6.15.